The molecule has 128 valence electrons. The van der Waals surface area contributed by atoms with Crippen LogP contribution in [0.4, 0.5) is 5.69 Å². The molecule has 0 aliphatic carbocycles. The molecule has 0 radical (unpaired) electrons. The van der Waals surface area contributed by atoms with E-state index in [-0.39, 0.29) is 5.91 Å². The van der Waals surface area contributed by atoms with E-state index in [1.165, 1.54) is 0 Å². The van der Waals surface area contributed by atoms with E-state index >= 15 is 0 Å². The minimum Gasteiger partial charge on any atom is -0.326 e. The van der Waals surface area contributed by atoms with E-state index < -0.39 is 0 Å². The van der Waals surface area contributed by atoms with Gasteiger partial charge in [-0.25, -0.2) is 0 Å². The molecule has 0 spiro atoms. The smallest absolute Gasteiger partial charge is 0.225 e. The molecule has 0 unspecified atom stereocenters. The van der Waals surface area contributed by atoms with Crippen LogP contribution in [0.15, 0.2) is 41.3 Å². The summed E-state index contributed by atoms with van der Waals surface area (Å²) in [4.78, 5) is 13.4. The van der Waals surface area contributed by atoms with Gasteiger partial charge in [0.05, 0.1) is 0 Å². The maximum Gasteiger partial charge on any atom is 0.225 e. The fourth-order valence-electron chi connectivity index (χ4n) is 2.46. The van der Waals surface area contributed by atoms with Crippen LogP contribution in [-0.4, -0.2) is 11.7 Å². The number of amides is 1. The monoisotopic (exact) mass is 381 g/mol. The highest BCUT2D eigenvalue weighted by Crippen LogP contribution is 2.30. The van der Waals surface area contributed by atoms with Crippen molar-refractivity contribution in [3.63, 3.8) is 0 Å². The Hall–Kier alpha value is -1.16. The van der Waals surface area contributed by atoms with Gasteiger partial charge in [0, 0.05) is 32.8 Å². The summed E-state index contributed by atoms with van der Waals surface area (Å²) < 4.78 is 0. The van der Waals surface area contributed by atoms with Crippen molar-refractivity contribution in [2.75, 3.05) is 11.1 Å². The lowest BCUT2D eigenvalue weighted by Gasteiger charge is -2.16. The highest BCUT2D eigenvalue weighted by molar-refractivity contribution is 7.99. The average Bonchev–Trinajstić information content (AvgIpc) is 2.57. The van der Waals surface area contributed by atoms with Crippen LogP contribution in [0, 0.1) is 0 Å². The van der Waals surface area contributed by atoms with Crippen LogP contribution >= 0.6 is 35.0 Å². The Balaban J connectivity index is 1.97. The molecule has 2 nitrogen and oxygen atoms in total. The molecular weight excluding hydrogens is 361 g/mol. The molecular formula is C19H21Cl2NOS. The zero-order chi connectivity index (χ0) is 17.5. The molecule has 0 heterocycles. The van der Waals surface area contributed by atoms with E-state index in [2.05, 4.69) is 12.2 Å². The number of rotatable bonds is 7. The zero-order valence-corrected chi connectivity index (χ0v) is 16.2. The number of thioether (sulfide) groups is 1. The van der Waals surface area contributed by atoms with E-state index in [1.807, 2.05) is 43.3 Å². The Morgan fingerprint density at radius 1 is 1.04 bits per heavy atom. The van der Waals surface area contributed by atoms with Crippen LogP contribution in [0.25, 0.3) is 0 Å². The topological polar surface area (TPSA) is 29.1 Å². The van der Waals surface area contributed by atoms with Crippen LogP contribution in [0.5, 0.6) is 0 Å². The Bertz CT molecular complexity index is 701. The summed E-state index contributed by atoms with van der Waals surface area (Å²) in [5.41, 5.74) is 3.01. The van der Waals surface area contributed by atoms with E-state index in [0.29, 0.717) is 11.4 Å². The van der Waals surface area contributed by atoms with Gasteiger partial charge in [-0.2, -0.15) is 0 Å². The molecule has 2 rings (SSSR count). The van der Waals surface area contributed by atoms with Gasteiger partial charge in [-0.05, 0) is 54.3 Å². The molecule has 0 atom stereocenters. The van der Waals surface area contributed by atoms with Crippen molar-refractivity contribution in [1.82, 2.24) is 0 Å². The lowest BCUT2D eigenvalue weighted by atomic mass is 10.0. The lowest BCUT2D eigenvalue weighted by molar-refractivity contribution is -0.115. The fraction of sp³-hybridized carbons (Fsp3) is 0.316. The summed E-state index contributed by atoms with van der Waals surface area (Å²) in [7, 11) is 0. The predicted molar refractivity (Wildman–Crippen MR) is 106 cm³/mol. The van der Waals surface area contributed by atoms with E-state index in [0.717, 1.165) is 45.3 Å². The normalized spacial score (nSPS) is 10.7. The summed E-state index contributed by atoms with van der Waals surface area (Å²) in [5, 5.41) is 4.49. The van der Waals surface area contributed by atoms with Crippen LogP contribution in [0.2, 0.25) is 10.0 Å². The minimum absolute atomic E-state index is 0.0168. The first-order valence-corrected chi connectivity index (χ1v) is 9.77. The Kier molecular flexibility index (Phi) is 7.47. The lowest BCUT2D eigenvalue weighted by Crippen LogP contribution is -2.15. The first kappa shape index (κ1) is 19.2. The predicted octanol–water partition coefficient (Wildman–Crippen LogP) is 6.24. The minimum atomic E-state index is 0.0168. The molecule has 24 heavy (non-hydrogen) atoms. The second-order valence-corrected chi connectivity index (χ2v) is 7.38. The first-order valence-electron chi connectivity index (χ1n) is 8.03. The number of hydrogen-bond donors (Lipinski definition) is 1. The molecule has 0 saturated heterocycles. The molecule has 0 aliphatic rings. The molecule has 1 amide bonds. The summed E-state index contributed by atoms with van der Waals surface area (Å²) in [6.07, 6.45) is 2.10. The standard InChI is InChI=1S/C19H21Cl2NOS/c1-3-13-5-10-17(21)16(4-2)19(13)22-18(23)11-12-24-15-8-6-14(20)7-9-15/h5-10H,3-4,11-12H2,1-2H3,(H,22,23). The molecule has 0 aromatic heterocycles. The number of carbonyl (C=O) groups is 1. The van der Waals surface area contributed by atoms with Crippen molar-refractivity contribution < 1.29 is 4.79 Å². The Labute approximate surface area is 157 Å². The van der Waals surface area contributed by atoms with E-state index in [1.54, 1.807) is 11.8 Å². The number of carbonyl (C=O) groups excluding carboxylic acids is 1. The van der Waals surface area contributed by atoms with Gasteiger partial charge in [-0.1, -0.05) is 43.1 Å². The van der Waals surface area contributed by atoms with Gasteiger partial charge in [0.2, 0.25) is 5.91 Å². The highest BCUT2D eigenvalue weighted by atomic mass is 35.5. The zero-order valence-electron chi connectivity index (χ0n) is 13.9. The van der Waals surface area contributed by atoms with E-state index in [4.69, 9.17) is 23.2 Å². The Morgan fingerprint density at radius 2 is 1.75 bits per heavy atom. The van der Waals surface area contributed by atoms with Crippen LogP contribution in [0.3, 0.4) is 0 Å². The third-order valence-electron chi connectivity index (χ3n) is 3.75. The van der Waals surface area contributed by atoms with Crippen LogP contribution in [0.1, 0.15) is 31.4 Å². The van der Waals surface area contributed by atoms with Gasteiger partial charge >= 0.3 is 0 Å². The number of hydrogen-bond acceptors (Lipinski definition) is 2. The summed E-state index contributed by atoms with van der Waals surface area (Å²) >= 11 is 13.8. The van der Waals surface area contributed by atoms with Gasteiger partial charge in [0.15, 0.2) is 0 Å². The van der Waals surface area contributed by atoms with E-state index in [9.17, 15) is 4.79 Å². The number of nitrogens with one attached hydrogen (secondary N) is 1. The first-order chi connectivity index (χ1) is 11.5. The SMILES string of the molecule is CCc1ccc(Cl)c(CC)c1NC(=O)CCSc1ccc(Cl)cc1. The van der Waals surface area contributed by atoms with Crippen LogP contribution < -0.4 is 5.32 Å². The number of benzene rings is 2. The number of aryl methyl sites for hydroxylation is 1. The molecule has 0 fully saturated rings. The van der Waals surface area contributed by atoms with Gasteiger partial charge in [0.25, 0.3) is 0 Å². The highest BCUT2D eigenvalue weighted by Gasteiger charge is 2.13. The third kappa shape index (κ3) is 5.17. The van der Waals surface area contributed by atoms with Gasteiger partial charge in [-0.15, -0.1) is 11.8 Å². The summed E-state index contributed by atoms with van der Waals surface area (Å²) in [6, 6.07) is 11.5. The molecule has 0 bridgehead atoms. The third-order valence-corrected chi connectivity index (χ3v) is 5.37. The molecule has 0 aliphatic heterocycles. The van der Waals surface area contributed by atoms with Crippen molar-refractivity contribution >= 4 is 46.6 Å². The van der Waals surface area contributed by atoms with Gasteiger partial charge < -0.3 is 5.32 Å². The number of halogens is 2. The second-order valence-electron chi connectivity index (χ2n) is 5.37. The van der Waals surface area contributed by atoms with Crippen molar-refractivity contribution in [3.05, 3.63) is 57.6 Å². The second kappa shape index (κ2) is 9.36. The Morgan fingerprint density at radius 3 is 2.38 bits per heavy atom. The van der Waals surface area contributed by atoms with Gasteiger partial charge in [-0.3, -0.25) is 4.79 Å². The van der Waals surface area contributed by atoms with Crippen molar-refractivity contribution in [2.45, 2.75) is 38.0 Å². The maximum absolute atomic E-state index is 12.3. The molecule has 0 saturated carbocycles. The molecule has 5 heteroatoms. The van der Waals surface area contributed by atoms with Crippen molar-refractivity contribution in [2.24, 2.45) is 0 Å². The maximum atomic E-state index is 12.3. The summed E-state index contributed by atoms with van der Waals surface area (Å²) in [6.45, 7) is 4.13. The fourth-order valence-corrected chi connectivity index (χ4v) is 3.73. The van der Waals surface area contributed by atoms with Crippen molar-refractivity contribution in [1.29, 1.82) is 0 Å². The molecule has 2 aromatic rings. The summed E-state index contributed by atoms with van der Waals surface area (Å²) in [5.74, 6) is 0.736. The largest absolute Gasteiger partial charge is 0.326 e. The molecule has 1 N–H and O–H groups in total. The quantitative estimate of drug-likeness (QED) is 0.575. The van der Waals surface area contributed by atoms with Crippen molar-refractivity contribution in [3.8, 4) is 0 Å². The molecule has 2 aromatic carbocycles. The average molecular weight is 382 g/mol. The van der Waals surface area contributed by atoms with Gasteiger partial charge in [0.1, 0.15) is 0 Å². The number of anilines is 1. The van der Waals surface area contributed by atoms with Crippen LogP contribution in [-0.2, 0) is 17.6 Å².